The molecule has 3 aromatic rings. The molecule has 0 bridgehead atoms. The van der Waals surface area contributed by atoms with Crippen molar-refractivity contribution in [3.05, 3.63) is 48.2 Å². The highest BCUT2D eigenvalue weighted by Crippen LogP contribution is 2.41. The number of likely N-dealkylation sites (tertiary alicyclic amines) is 1. The van der Waals surface area contributed by atoms with Crippen molar-refractivity contribution in [1.29, 1.82) is 0 Å². The minimum atomic E-state index is -0.801. The van der Waals surface area contributed by atoms with Gasteiger partial charge >= 0.3 is 5.97 Å². The fraction of sp³-hybridized carbons (Fsp3) is 0.333. The van der Waals surface area contributed by atoms with Crippen molar-refractivity contribution in [2.24, 2.45) is 5.92 Å². The number of methoxy groups -OCH3 is 3. The lowest BCUT2D eigenvalue weighted by atomic mass is 9.96. The summed E-state index contributed by atoms with van der Waals surface area (Å²) in [6.45, 7) is 2.71. The van der Waals surface area contributed by atoms with Gasteiger partial charge in [-0.15, -0.1) is 0 Å². The fourth-order valence-electron chi connectivity index (χ4n) is 4.47. The summed E-state index contributed by atoms with van der Waals surface area (Å²) in [4.78, 5) is 25.8. The Balaban J connectivity index is 1.70. The molecule has 184 valence electrons. The summed E-state index contributed by atoms with van der Waals surface area (Å²) >= 11 is 0. The van der Waals surface area contributed by atoms with Gasteiger partial charge in [0.15, 0.2) is 0 Å². The summed E-state index contributed by atoms with van der Waals surface area (Å²) in [5, 5.41) is 10.0. The second kappa shape index (κ2) is 10.1. The van der Waals surface area contributed by atoms with Crippen LogP contribution in [0.2, 0.25) is 0 Å². The van der Waals surface area contributed by atoms with Crippen LogP contribution < -0.4 is 14.2 Å². The van der Waals surface area contributed by atoms with E-state index in [4.69, 9.17) is 18.6 Å². The van der Waals surface area contributed by atoms with Crippen molar-refractivity contribution < 1.29 is 33.3 Å². The number of hydrogen-bond acceptors (Lipinski definition) is 6. The van der Waals surface area contributed by atoms with E-state index in [9.17, 15) is 14.7 Å². The summed E-state index contributed by atoms with van der Waals surface area (Å²) in [5.41, 5.74) is 3.78. The van der Waals surface area contributed by atoms with Crippen molar-refractivity contribution in [2.75, 3.05) is 34.4 Å². The molecule has 0 spiro atoms. The third-order valence-electron chi connectivity index (χ3n) is 6.51. The zero-order chi connectivity index (χ0) is 25.1. The second-order valence-corrected chi connectivity index (χ2v) is 8.53. The summed E-state index contributed by atoms with van der Waals surface area (Å²) in [5.74, 6) is 0.623. The van der Waals surface area contributed by atoms with Crippen LogP contribution in [0.5, 0.6) is 17.2 Å². The lowest BCUT2D eigenvalue weighted by Gasteiger charge is -2.29. The summed E-state index contributed by atoms with van der Waals surface area (Å²) in [7, 11) is 4.79. The lowest BCUT2D eigenvalue weighted by Crippen LogP contribution is -2.39. The topological polar surface area (TPSA) is 98.4 Å². The molecular formula is C27H29NO7. The molecule has 0 atom stereocenters. The van der Waals surface area contributed by atoms with Gasteiger partial charge in [0.2, 0.25) is 5.91 Å². The van der Waals surface area contributed by atoms with E-state index in [1.807, 2.05) is 31.2 Å². The number of fused-ring (bicyclic) bond motifs is 1. The van der Waals surface area contributed by atoms with Gasteiger partial charge in [-0.25, -0.2) is 0 Å². The first-order valence-electron chi connectivity index (χ1n) is 11.4. The number of benzene rings is 2. The Morgan fingerprint density at radius 1 is 1.00 bits per heavy atom. The number of carbonyl (C=O) groups excluding carboxylic acids is 1. The molecule has 0 unspecified atom stereocenters. The van der Waals surface area contributed by atoms with Gasteiger partial charge in [0.25, 0.3) is 0 Å². The van der Waals surface area contributed by atoms with Gasteiger partial charge in [-0.2, -0.15) is 0 Å². The summed E-state index contributed by atoms with van der Waals surface area (Å²) in [6, 6.07) is 9.31. The maximum atomic E-state index is 12.9. The van der Waals surface area contributed by atoms with Crippen LogP contribution in [-0.4, -0.2) is 56.3 Å². The van der Waals surface area contributed by atoms with Crippen molar-refractivity contribution >= 4 is 28.4 Å². The van der Waals surface area contributed by atoms with E-state index in [0.717, 1.165) is 27.6 Å². The van der Waals surface area contributed by atoms with Crippen LogP contribution in [0.4, 0.5) is 0 Å². The van der Waals surface area contributed by atoms with Crippen LogP contribution in [0.1, 0.15) is 25.3 Å². The molecule has 4 rings (SSSR count). The molecule has 1 aliphatic rings. The molecular weight excluding hydrogens is 450 g/mol. The molecule has 1 aromatic heterocycles. The predicted octanol–water partition coefficient (Wildman–Crippen LogP) is 4.85. The maximum absolute atomic E-state index is 12.9. The van der Waals surface area contributed by atoms with E-state index in [1.165, 1.54) is 0 Å². The van der Waals surface area contributed by atoms with Gasteiger partial charge in [0, 0.05) is 47.3 Å². The average Bonchev–Trinajstić information content (AvgIpc) is 3.30. The predicted molar refractivity (Wildman–Crippen MR) is 132 cm³/mol. The number of carboxylic acid groups (broad SMARTS) is 1. The second-order valence-electron chi connectivity index (χ2n) is 8.53. The number of allylic oxidation sites excluding steroid dienone is 1. The minimum Gasteiger partial charge on any atom is -0.497 e. The molecule has 0 saturated carbocycles. The molecule has 1 fully saturated rings. The van der Waals surface area contributed by atoms with Crippen LogP contribution in [-0.2, 0) is 9.59 Å². The number of nitrogens with zero attached hydrogens (tertiary/aromatic N) is 1. The zero-order valence-corrected chi connectivity index (χ0v) is 20.3. The molecule has 2 aromatic carbocycles. The van der Waals surface area contributed by atoms with Gasteiger partial charge in [0.05, 0.1) is 33.5 Å². The average molecular weight is 480 g/mol. The highest BCUT2D eigenvalue weighted by atomic mass is 16.5. The SMILES string of the molecule is COc1ccc(OC)c(-c2coc3cc(OC)c(/C(C)=C/C(=O)N4CCC(C(=O)O)CC4)cc23)c1. The Morgan fingerprint density at radius 3 is 2.34 bits per heavy atom. The number of piperidine rings is 1. The highest BCUT2D eigenvalue weighted by molar-refractivity contribution is 6.01. The number of aliphatic carboxylic acids is 1. The Bertz CT molecular complexity index is 1280. The van der Waals surface area contributed by atoms with Crippen LogP contribution in [0.15, 0.2) is 47.1 Å². The highest BCUT2D eigenvalue weighted by Gasteiger charge is 2.26. The van der Waals surface area contributed by atoms with Gasteiger partial charge in [-0.05, 0) is 49.6 Å². The molecule has 1 N–H and O–H groups in total. The van der Waals surface area contributed by atoms with E-state index in [0.29, 0.717) is 48.8 Å². The number of carboxylic acids is 1. The Kier molecular flexibility index (Phi) is 7.00. The molecule has 8 heteroatoms. The molecule has 1 aliphatic heterocycles. The van der Waals surface area contributed by atoms with E-state index in [1.54, 1.807) is 44.6 Å². The van der Waals surface area contributed by atoms with E-state index in [-0.39, 0.29) is 11.8 Å². The Hall–Kier alpha value is -3.94. The van der Waals surface area contributed by atoms with Crippen molar-refractivity contribution in [3.63, 3.8) is 0 Å². The third kappa shape index (κ3) is 4.82. The zero-order valence-electron chi connectivity index (χ0n) is 20.3. The van der Waals surface area contributed by atoms with Crippen LogP contribution in [0.25, 0.3) is 27.7 Å². The Morgan fingerprint density at radius 2 is 1.71 bits per heavy atom. The van der Waals surface area contributed by atoms with Crippen LogP contribution in [0.3, 0.4) is 0 Å². The Labute approximate surface area is 203 Å². The van der Waals surface area contributed by atoms with Crippen LogP contribution in [0, 0.1) is 5.92 Å². The minimum absolute atomic E-state index is 0.143. The molecule has 0 aliphatic carbocycles. The number of amides is 1. The number of furan rings is 1. The van der Waals surface area contributed by atoms with E-state index < -0.39 is 5.97 Å². The molecule has 8 nitrogen and oxygen atoms in total. The summed E-state index contributed by atoms with van der Waals surface area (Å²) in [6.07, 6.45) is 4.17. The normalized spacial score (nSPS) is 14.7. The van der Waals surface area contributed by atoms with E-state index >= 15 is 0 Å². The largest absolute Gasteiger partial charge is 0.497 e. The lowest BCUT2D eigenvalue weighted by molar-refractivity contribution is -0.144. The van der Waals surface area contributed by atoms with Gasteiger partial charge < -0.3 is 28.6 Å². The number of carbonyl (C=O) groups is 2. The quantitative estimate of drug-likeness (QED) is 0.484. The van der Waals surface area contributed by atoms with Crippen LogP contribution >= 0.6 is 0 Å². The van der Waals surface area contributed by atoms with Crippen molar-refractivity contribution in [1.82, 2.24) is 4.90 Å². The van der Waals surface area contributed by atoms with Gasteiger partial charge in [-0.3, -0.25) is 9.59 Å². The molecule has 35 heavy (non-hydrogen) atoms. The smallest absolute Gasteiger partial charge is 0.306 e. The first kappa shape index (κ1) is 24.2. The van der Waals surface area contributed by atoms with Crippen molar-refractivity contribution in [2.45, 2.75) is 19.8 Å². The summed E-state index contributed by atoms with van der Waals surface area (Å²) < 4.78 is 22.4. The third-order valence-corrected chi connectivity index (χ3v) is 6.51. The number of rotatable bonds is 7. The monoisotopic (exact) mass is 479 g/mol. The molecule has 2 heterocycles. The van der Waals surface area contributed by atoms with Gasteiger partial charge in [0.1, 0.15) is 22.8 Å². The van der Waals surface area contributed by atoms with E-state index in [2.05, 4.69) is 0 Å². The first-order valence-corrected chi connectivity index (χ1v) is 11.4. The number of ether oxygens (including phenoxy) is 3. The number of hydrogen-bond donors (Lipinski definition) is 1. The van der Waals surface area contributed by atoms with Gasteiger partial charge in [-0.1, -0.05) is 0 Å². The maximum Gasteiger partial charge on any atom is 0.306 e. The molecule has 1 saturated heterocycles. The molecule has 1 amide bonds. The first-order chi connectivity index (χ1) is 16.9. The van der Waals surface area contributed by atoms with Crippen molar-refractivity contribution in [3.8, 4) is 28.4 Å². The molecule has 0 radical (unpaired) electrons. The standard InChI is InChI=1S/C27H29NO7/c1-16(11-26(29)28-9-7-17(8-10-28)27(30)31)19-13-21-22(15-35-25(21)14-24(19)34-4)20-12-18(32-2)5-6-23(20)33-3/h5-6,11-15,17H,7-10H2,1-4H3,(H,30,31)/b16-11+. The fourth-order valence-corrected chi connectivity index (χ4v) is 4.47.